The number of urea groups is 1. The predicted octanol–water partition coefficient (Wildman–Crippen LogP) is 4.92. The molecular formula is C49H82N8O14. The van der Waals surface area contributed by atoms with Crippen molar-refractivity contribution in [2.24, 2.45) is 0 Å². The average molecular weight is 1010 g/mol. The summed E-state index contributed by atoms with van der Waals surface area (Å²) in [6.45, 7) is 26.7. The van der Waals surface area contributed by atoms with Crippen LogP contribution in [-0.2, 0) is 78.6 Å². The van der Waals surface area contributed by atoms with E-state index < -0.39 is 101 Å². The molecule has 2 aromatic rings. The van der Waals surface area contributed by atoms with E-state index in [0.29, 0.717) is 31.0 Å². The molecule has 2 aromatic heterocycles. The van der Waals surface area contributed by atoms with Gasteiger partial charge in [0.05, 0.1) is 25.2 Å². The number of imidazole rings is 2. The molecule has 0 aliphatic heterocycles. The van der Waals surface area contributed by atoms with Crippen molar-refractivity contribution >= 4 is 41.8 Å². The number of esters is 4. The molecule has 2 rings (SSSR count). The molecule has 3 amide bonds. The SMILES string of the molecule is CC(C)(C)OC(=O)CCC(NC(=O)NC(CCC(=O)NC(CCCCN(Cc1nccn1CC(=O)OC(C)(C)C)Cc1nccn1CC(O)OC(C)(C)C)C(=O)O)C(=O)OC(C)(C)C)C(=O)OC(C)(C)C. The fourth-order valence-corrected chi connectivity index (χ4v) is 6.77. The molecule has 0 radical (unpaired) electrons. The molecule has 0 aliphatic carbocycles. The third-order valence-corrected chi connectivity index (χ3v) is 9.46. The normalized spacial score (nSPS) is 14.2. The van der Waals surface area contributed by atoms with Crippen LogP contribution >= 0.6 is 0 Å². The molecule has 71 heavy (non-hydrogen) atoms. The van der Waals surface area contributed by atoms with Crippen molar-refractivity contribution in [3.8, 4) is 0 Å². The minimum atomic E-state index is -1.41. The maximum absolute atomic E-state index is 13.4. The predicted molar refractivity (Wildman–Crippen MR) is 260 cm³/mol. The van der Waals surface area contributed by atoms with Crippen molar-refractivity contribution in [1.82, 2.24) is 40.0 Å². The van der Waals surface area contributed by atoms with Gasteiger partial charge in [-0.05, 0) is 143 Å². The highest BCUT2D eigenvalue weighted by molar-refractivity contribution is 5.88. The number of carbonyl (C=O) groups excluding carboxylic acids is 6. The van der Waals surface area contributed by atoms with Gasteiger partial charge in [-0.15, -0.1) is 0 Å². The van der Waals surface area contributed by atoms with Gasteiger partial charge in [0.15, 0.2) is 6.29 Å². The van der Waals surface area contributed by atoms with E-state index in [1.165, 1.54) is 0 Å². The van der Waals surface area contributed by atoms with Crippen LogP contribution in [0.5, 0.6) is 0 Å². The average Bonchev–Trinajstić information content (AvgIpc) is 3.80. The lowest BCUT2D eigenvalue weighted by Crippen LogP contribution is -2.53. The minimum absolute atomic E-state index is 0.0403. The van der Waals surface area contributed by atoms with Crippen molar-refractivity contribution < 1.29 is 67.5 Å². The summed E-state index contributed by atoms with van der Waals surface area (Å²) in [5.74, 6) is -3.56. The van der Waals surface area contributed by atoms with Crippen LogP contribution in [0.2, 0.25) is 0 Å². The van der Waals surface area contributed by atoms with Gasteiger partial charge in [-0.1, -0.05) is 0 Å². The molecule has 0 saturated heterocycles. The Morgan fingerprint density at radius 1 is 0.592 bits per heavy atom. The van der Waals surface area contributed by atoms with Crippen LogP contribution in [0.3, 0.4) is 0 Å². The molecule has 402 valence electrons. The summed E-state index contributed by atoms with van der Waals surface area (Å²) in [7, 11) is 0. The molecule has 2 heterocycles. The standard InChI is InChI=1S/C49H82N8O14/c1-45(2,3)67-38(59)22-20-34(43(65)71-49(13,14)15)54-44(66)53-33(42(64)70-48(10,11)12)19-21-37(58)52-32(41(62)63)18-16-17-25-55(28-35-50-23-26-56(35)30-39(60)68-46(4,5)6)29-36-51-24-27-57(36)31-40(61)69-47(7,8)9/h23-24,26-27,32-34,39,60H,16-22,25,28-31H2,1-15H3,(H,52,58)(H,62,63)(H2,53,54,66). The highest BCUT2D eigenvalue weighted by Crippen LogP contribution is 2.18. The van der Waals surface area contributed by atoms with E-state index in [4.69, 9.17) is 23.7 Å². The van der Waals surface area contributed by atoms with Gasteiger partial charge in [0.25, 0.3) is 0 Å². The lowest BCUT2D eigenvalue weighted by atomic mass is 10.1. The first-order valence-electron chi connectivity index (χ1n) is 24.0. The fraction of sp³-hybridized carbons (Fsp3) is 0.735. The van der Waals surface area contributed by atoms with E-state index in [-0.39, 0.29) is 51.9 Å². The van der Waals surface area contributed by atoms with Gasteiger partial charge in [0, 0.05) is 37.6 Å². The third kappa shape index (κ3) is 27.0. The summed E-state index contributed by atoms with van der Waals surface area (Å²) in [6, 6.07) is -5.02. The number of carboxylic acids is 1. The molecule has 4 unspecified atom stereocenters. The second-order valence-electron chi connectivity index (χ2n) is 22.4. The Labute approximate surface area is 418 Å². The van der Waals surface area contributed by atoms with E-state index >= 15 is 0 Å². The van der Waals surface area contributed by atoms with Gasteiger partial charge >= 0.3 is 35.9 Å². The molecule has 22 nitrogen and oxygen atoms in total. The van der Waals surface area contributed by atoms with Crippen molar-refractivity contribution in [3.63, 3.8) is 0 Å². The summed E-state index contributed by atoms with van der Waals surface area (Å²) in [6.07, 6.45) is 5.22. The second kappa shape index (κ2) is 26.7. The molecule has 0 saturated carbocycles. The maximum atomic E-state index is 13.4. The molecular weight excluding hydrogens is 925 g/mol. The van der Waals surface area contributed by atoms with Crippen LogP contribution in [0.1, 0.15) is 160 Å². The van der Waals surface area contributed by atoms with Crippen LogP contribution < -0.4 is 16.0 Å². The minimum Gasteiger partial charge on any atom is -0.480 e. The first-order chi connectivity index (χ1) is 32.5. The monoisotopic (exact) mass is 1010 g/mol. The summed E-state index contributed by atoms with van der Waals surface area (Å²) in [4.78, 5) is 102. The number of carboxylic acid groups (broad SMARTS) is 1. The molecule has 0 aromatic carbocycles. The Bertz CT molecular complexity index is 2070. The van der Waals surface area contributed by atoms with Crippen molar-refractivity contribution in [3.05, 3.63) is 36.4 Å². The zero-order valence-corrected chi connectivity index (χ0v) is 44.6. The summed E-state index contributed by atoms with van der Waals surface area (Å²) in [5.41, 5.74) is -3.99. The summed E-state index contributed by atoms with van der Waals surface area (Å²) >= 11 is 0. The summed E-state index contributed by atoms with van der Waals surface area (Å²) < 4.78 is 31.0. The number of aliphatic hydroxyl groups is 1. The second-order valence-corrected chi connectivity index (χ2v) is 22.4. The van der Waals surface area contributed by atoms with Gasteiger partial charge in [0.1, 0.15) is 58.7 Å². The Morgan fingerprint density at radius 2 is 1.06 bits per heavy atom. The highest BCUT2D eigenvalue weighted by atomic mass is 16.6. The quantitative estimate of drug-likeness (QED) is 0.0362. The van der Waals surface area contributed by atoms with Crippen LogP contribution in [0.25, 0.3) is 0 Å². The molecule has 0 fully saturated rings. The van der Waals surface area contributed by atoms with Gasteiger partial charge in [0.2, 0.25) is 5.91 Å². The van der Waals surface area contributed by atoms with E-state index in [0.717, 1.165) is 0 Å². The van der Waals surface area contributed by atoms with Crippen LogP contribution in [0.15, 0.2) is 24.8 Å². The molecule has 0 bridgehead atoms. The zero-order valence-electron chi connectivity index (χ0n) is 44.6. The van der Waals surface area contributed by atoms with E-state index in [1.807, 2.05) is 25.7 Å². The third-order valence-electron chi connectivity index (χ3n) is 9.46. The first-order valence-corrected chi connectivity index (χ1v) is 24.0. The number of amides is 3. The first kappa shape index (κ1) is 61.5. The van der Waals surface area contributed by atoms with Crippen molar-refractivity contribution in [2.75, 3.05) is 6.54 Å². The fourth-order valence-electron chi connectivity index (χ4n) is 6.77. The molecule has 5 N–H and O–H groups in total. The Kier molecular flexibility index (Phi) is 23.2. The Hall–Kier alpha value is -5.61. The number of aromatic nitrogens is 4. The van der Waals surface area contributed by atoms with Gasteiger partial charge in [-0.25, -0.2) is 29.1 Å². The zero-order chi connectivity index (χ0) is 54.1. The van der Waals surface area contributed by atoms with Crippen LogP contribution in [-0.4, -0.2) is 135 Å². The van der Waals surface area contributed by atoms with Crippen molar-refractivity contribution in [2.45, 2.75) is 227 Å². The topological polar surface area (TPSA) is 281 Å². The number of rotatable bonds is 26. The molecule has 22 heteroatoms. The number of hydrogen-bond donors (Lipinski definition) is 5. The molecule has 0 spiro atoms. The highest BCUT2D eigenvalue weighted by Gasteiger charge is 2.32. The number of aliphatic hydroxyl groups excluding tert-OH is 1. The van der Waals surface area contributed by atoms with Crippen LogP contribution in [0.4, 0.5) is 4.79 Å². The number of carbonyl (C=O) groups is 7. The lowest BCUT2D eigenvalue weighted by molar-refractivity contribution is -0.172. The number of aliphatic carboxylic acids is 1. The maximum Gasteiger partial charge on any atom is 0.329 e. The van der Waals surface area contributed by atoms with E-state index in [1.54, 1.807) is 117 Å². The lowest BCUT2D eigenvalue weighted by Gasteiger charge is -2.27. The number of ether oxygens (including phenoxy) is 5. The molecule has 0 aliphatic rings. The largest absolute Gasteiger partial charge is 0.480 e. The molecule has 4 atom stereocenters. The van der Waals surface area contributed by atoms with E-state index in [2.05, 4.69) is 25.9 Å². The number of hydrogen-bond acceptors (Lipinski definition) is 16. The Morgan fingerprint density at radius 3 is 1.54 bits per heavy atom. The Balaban J connectivity index is 2.20. The number of nitrogens with zero attached hydrogens (tertiary/aromatic N) is 5. The smallest absolute Gasteiger partial charge is 0.329 e. The van der Waals surface area contributed by atoms with Gasteiger partial charge < -0.3 is 59.0 Å². The van der Waals surface area contributed by atoms with Gasteiger partial charge in [-0.3, -0.25) is 19.3 Å². The van der Waals surface area contributed by atoms with Crippen LogP contribution in [0, 0.1) is 0 Å². The number of unbranched alkanes of at least 4 members (excludes halogenated alkanes) is 1. The summed E-state index contributed by atoms with van der Waals surface area (Å²) in [5, 5.41) is 28.3. The van der Waals surface area contributed by atoms with Gasteiger partial charge in [-0.2, -0.15) is 0 Å². The van der Waals surface area contributed by atoms with Crippen molar-refractivity contribution in [1.29, 1.82) is 0 Å². The number of nitrogens with one attached hydrogen (secondary N) is 3. The van der Waals surface area contributed by atoms with E-state index in [9.17, 15) is 43.8 Å².